The summed E-state index contributed by atoms with van der Waals surface area (Å²) < 4.78 is 5.67. The monoisotopic (exact) mass is 333 g/mol. The Morgan fingerprint density at radius 1 is 1.25 bits per heavy atom. The maximum absolute atomic E-state index is 10.7. The van der Waals surface area contributed by atoms with Gasteiger partial charge in [-0.05, 0) is 36.1 Å². The summed E-state index contributed by atoms with van der Waals surface area (Å²) in [6.45, 7) is 4.23. The number of carboxylic acid groups (broad SMARTS) is 1. The fourth-order valence-electron chi connectivity index (χ4n) is 2.15. The van der Waals surface area contributed by atoms with E-state index < -0.39 is 5.97 Å². The van der Waals surface area contributed by atoms with E-state index in [1.165, 1.54) is 6.92 Å². The van der Waals surface area contributed by atoms with E-state index in [2.05, 4.69) is 11.9 Å². The van der Waals surface area contributed by atoms with Gasteiger partial charge in [0.2, 0.25) is 5.88 Å². The van der Waals surface area contributed by atoms with E-state index in [4.69, 9.17) is 4.74 Å². The molecule has 1 heterocycles. The van der Waals surface area contributed by atoms with Gasteiger partial charge in [0, 0.05) is 18.2 Å². The minimum absolute atomic E-state index is 0. The summed E-state index contributed by atoms with van der Waals surface area (Å²) in [4.78, 5) is 15.0. The van der Waals surface area contributed by atoms with Gasteiger partial charge in [-0.25, -0.2) is 4.98 Å². The fraction of sp³-hybridized carbons (Fsp3) is 0.263. The largest absolute Gasteiger partial charge is 1.00 e. The Morgan fingerprint density at radius 2 is 1.96 bits per heavy atom. The number of rotatable bonds is 7. The van der Waals surface area contributed by atoms with Crippen molar-refractivity contribution in [2.75, 3.05) is 6.61 Å². The van der Waals surface area contributed by atoms with E-state index >= 15 is 0 Å². The summed E-state index contributed by atoms with van der Waals surface area (Å²) in [6, 6.07) is 11.6. The first-order chi connectivity index (χ1) is 11.1. The van der Waals surface area contributed by atoms with Gasteiger partial charge in [0.05, 0.1) is 12.6 Å². The van der Waals surface area contributed by atoms with E-state index in [0.29, 0.717) is 12.5 Å². The summed E-state index contributed by atoms with van der Waals surface area (Å²) in [6.07, 6.45) is 4.98. The number of carbonyl (C=O) groups is 1. The first kappa shape index (κ1) is 20.4. The molecule has 1 aromatic heterocycles. The zero-order valence-electron chi connectivity index (χ0n) is 14.4. The maximum Gasteiger partial charge on any atom is 1.00 e. The van der Waals surface area contributed by atoms with Gasteiger partial charge >= 0.3 is 29.6 Å². The predicted molar refractivity (Wildman–Crippen MR) is 87.9 cm³/mol. The molecular formula is C19H20NNaO3. The van der Waals surface area contributed by atoms with Crippen molar-refractivity contribution < 1.29 is 44.2 Å². The predicted octanol–water partition coefficient (Wildman–Crippen LogP) is -0.382. The van der Waals surface area contributed by atoms with Gasteiger partial charge in [-0.1, -0.05) is 43.3 Å². The number of ether oxygens (including phenoxy) is 1. The van der Waals surface area contributed by atoms with Crippen LogP contribution in [-0.2, 0) is 11.2 Å². The Hall–Kier alpha value is -1.62. The second-order valence-corrected chi connectivity index (χ2v) is 5.35. The van der Waals surface area contributed by atoms with Crippen molar-refractivity contribution in [1.82, 2.24) is 4.98 Å². The number of benzene rings is 1. The normalized spacial score (nSPS) is 10.8. The Labute approximate surface area is 164 Å². The smallest absolute Gasteiger partial charge is 0.545 e. The molecule has 0 saturated carbocycles. The van der Waals surface area contributed by atoms with Gasteiger partial charge in [-0.3, -0.25) is 0 Å². The molecule has 0 saturated heterocycles. The van der Waals surface area contributed by atoms with Crippen LogP contribution in [0.2, 0.25) is 0 Å². The number of aromatic nitrogens is 1. The van der Waals surface area contributed by atoms with Crippen molar-refractivity contribution in [3.63, 3.8) is 0 Å². The summed E-state index contributed by atoms with van der Waals surface area (Å²) in [5, 5.41) is 10.7. The van der Waals surface area contributed by atoms with Crippen molar-refractivity contribution in [2.45, 2.75) is 26.7 Å². The van der Waals surface area contributed by atoms with Crippen molar-refractivity contribution in [1.29, 1.82) is 0 Å². The van der Waals surface area contributed by atoms with Gasteiger partial charge in [0.25, 0.3) is 0 Å². The first-order valence-corrected chi connectivity index (χ1v) is 7.65. The second-order valence-electron chi connectivity index (χ2n) is 5.35. The molecule has 0 aliphatic carbocycles. The van der Waals surface area contributed by atoms with E-state index in [1.807, 2.05) is 36.4 Å². The Morgan fingerprint density at radius 3 is 2.58 bits per heavy atom. The third kappa shape index (κ3) is 6.11. The van der Waals surface area contributed by atoms with E-state index in [1.54, 1.807) is 12.3 Å². The molecule has 0 fully saturated rings. The molecule has 4 nitrogen and oxygen atoms in total. The molecule has 0 atom stereocenters. The van der Waals surface area contributed by atoms with Crippen LogP contribution < -0.4 is 39.4 Å². The topological polar surface area (TPSA) is 62.2 Å². The molecule has 5 heteroatoms. The van der Waals surface area contributed by atoms with Gasteiger partial charge in [0.15, 0.2) is 0 Å². The standard InChI is InChI=1S/C19H21NO3.Na/c1-3-11-23-18-17(5-4-10-20-18)13-16-8-6-15(7-9-16)12-14(2)19(21)22;/h4-10,12H,3,11,13H2,1-2H3,(H,21,22);/q;+1/p-1/b14-12+;. The van der Waals surface area contributed by atoms with Gasteiger partial charge < -0.3 is 14.6 Å². The van der Waals surface area contributed by atoms with Crippen molar-refractivity contribution in [2.24, 2.45) is 0 Å². The van der Waals surface area contributed by atoms with Crippen LogP contribution in [0.5, 0.6) is 5.88 Å². The number of hydrogen-bond donors (Lipinski definition) is 0. The molecule has 0 N–H and O–H groups in total. The molecule has 0 spiro atoms. The summed E-state index contributed by atoms with van der Waals surface area (Å²) >= 11 is 0. The van der Waals surface area contributed by atoms with Crippen LogP contribution >= 0.6 is 0 Å². The number of nitrogens with zero attached hydrogens (tertiary/aromatic N) is 1. The third-order valence-electron chi connectivity index (χ3n) is 3.37. The minimum Gasteiger partial charge on any atom is -0.545 e. The molecule has 24 heavy (non-hydrogen) atoms. The van der Waals surface area contributed by atoms with E-state index in [9.17, 15) is 9.90 Å². The van der Waals surface area contributed by atoms with E-state index in [0.717, 1.165) is 29.5 Å². The summed E-state index contributed by atoms with van der Waals surface area (Å²) in [5.41, 5.74) is 3.20. The number of carbonyl (C=O) groups excluding carboxylic acids is 1. The molecule has 0 unspecified atom stereocenters. The van der Waals surface area contributed by atoms with Crippen molar-refractivity contribution in [3.05, 3.63) is 64.9 Å². The first-order valence-electron chi connectivity index (χ1n) is 7.65. The number of carboxylic acids is 1. The van der Waals surface area contributed by atoms with E-state index in [-0.39, 0.29) is 35.1 Å². The number of aliphatic carboxylic acids is 1. The van der Waals surface area contributed by atoms with Crippen molar-refractivity contribution >= 4 is 12.0 Å². The molecule has 0 radical (unpaired) electrons. The minimum atomic E-state index is -1.15. The quantitative estimate of drug-likeness (QED) is 0.512. The van der Waals surface area contributed by atoms with Crippen LogP contribution in [0.15, 0.2) is 48.2 Å². The van der Waals surface area contributed by atoms with Crippen molar-refractivity contribution in [3.8, 4) is 5.88 Å². The SMILES string of the molecule is CCCOc1ncccc1Cc1ccc(/C=C(\C)C(=O)[O-])cc1.[Na+]. The zero-order valence-corrected chi connectivity index (χ0v) is 16.4. The molecule has 1 aromatic carbocycles. The molecule has 0 bridgehead atoms. The molecular weight excluding hydrogens is 313 g/mol. The Bertz CT molecular complexity index is 696. The fourth-order valence-corrected chi connectivity index (χ4v) is 2.15. The van der Waals surface area contributed by atoms with Crippen LogP contribution in [0.1, 0.15) is 37.0 Å². The Balaban J connectivity index is 0.00000288. The Kier molecular flexibility index (Phi) is 8.76. The maximum atomic E-state index is 10.7. The third-order valence-corrected chi connectivity index (χ3v) is 3.37. The molecule has 2 rings (SSSR count). The van der Waals surface area contributed by atoms with Crippen LogP contribution in [0.25, 0.3) is 6.08 Å². The zero-order chi connectivity index (χ0) is 16.7. The van der Waals surface area contributed by atoms with Crippen LogP contribution in [0.3, 0.4) is 0 Å². The van der Waals surface area contributed by atoms with Crippen LogP contribution in [0.4, 0.5) is 0 Å². The summed E-state index contributed by atoms with van der Waals surface area (Å²) in [5.74, 6) is -0.478. The molecule has 0 aliphatic heterocycles. The van der Waals surface area contributed by atoms with Gasteiger partial charge in [-0.2, -0.15) is 0 Å². The average Bonchev–Trinajstić information content (AvgIpc) is 2.55. The van der Waals surface area contributed by atoms with Gasteiger partial charge in [0.1, 0.15) is 0 Å². The summed E-state index contributed by atoms with van der Waals surface area (Å²) in [7, 11) is 0. The molecule has 0 amide bonds. The van der Waals surface area contributed by atoms with Gasteiger partial charge in [-0.15, -0.1) is 0 Å². The van der Waals surface area contributed by atoms with Crippen LogP contribution in [0, 0.1) is 0 Å². The number of pyridine rings is 1. The molecule has 120 valence electrons. The molecule has 0 aliphatic rings. The number of hydrogen-bond acceptors (Lipinski definition) is 4. The molecule has 2 aromatic rings. The average molecular weight is 333 g/mol. The second kappa shape index (κ2) is 10.3. The van der Waals surface area contributed by atoms with Crippen LogP contribution in [-0.4, -0.2) is 17.6 Å².